The fourth-order valence-electron chi connectivity index (χ4n) is 3.98. The Kier molecular flexibility index (Phi) is 7.70. The monoisotopic (exact) mass is 468 g/mol. The molecule has 1 saturated heterocycles. The van der Waals surface area contributed by atoms with Gasteiger partial charge in [-0.1, -0.05) is 23.7 Å². The number of fused-ring (bicyclic) bond motifs is 1. The quantitative estimate of drug-likeness (QED) is 0.471. The molecule has 6 nitrogen and oxygen atoms in total. The highest BCUT2D eigenvalue weighted by Gasteiger charge is 2.16. The highest BCUT2D eigenvalue weighted by Crippen LogP contribution is 2.37. The van der Waals surface area contributed by atoms with Crippen molar-refractivity contribution in [3.05, 3.63) is 59.3 Å². The number of carbonyl (C=O) groups is 1. The van der Waals surface area contributed by atoms with Crippen LogP contribution in [0.2, 0.25) is 5.02 Å². The molecular weight excluding hydrogens is 440 g/mol. The van der Waals surface area contributed by atoms with Gasteiger partial charge < -0.3 is 19.2 Å². The van der Waals surface area contributed by atoms with E-state index in [-0.39, 0.29) is 5.91 Å². The van der Waals surface area contributed by atoms with E-state index < -0.39 is 0 Å². The Labute approximate surface area is 199 Å². The molecule has 3 aromatic rings. The predicted octanol–water partition coefficient (Wildman–Crippen LogP) is 5.00. The Bertz CT molecular complexity index is 1130. The third kappa shape index (κ3) is 5.77. The summed E-state index contributed by atoms with van der Waals surface area (Å²) in [5.74, 6) is 0.574. The van der Waals surface area contributed by atoms with E-state index in [0.29, 0.717) is 23.9 Å². The Morgan fingerprint density at radius 1 is 1.21 bits per heavy atom. The molecule has 1 fully saturated rings. The lowest BCUT2D eigenvalue weighted by Crippen LogP contribution is -2.41. The van der Waals surface area contributed by atoms with Crippen molar-refractivity contribution in [3.63, 3.8) is 0 Å². The number of hydrogen-bond acceptors (Lipinski definition) is 5. The number of hydrogen-bond donors (Lipinski definition) is 1. The Morgan fingerprint density at radius 3 is 2.70 bits per heavy atom. The smallest absolute Gasteiger partial charge is 0.244 e. The summed E-state index contributed by atoms with van der Waals surface area (Å²) in [4.78, 5) is 14.9. The van der Waals surface area contributed by atoms with Crippen molar-refractivity contribution in [1.82, 2.24) is 10.2 Å². The molecule has 0 aliphatic carbocycles. The summed E-state index contributed by atoms with van der Waals surface area (Å²) in [6.07, 6.45) is 3.37. The standard InChI is InChI=1S/C26H29ClN2O4/c1-3-32-24-16-25-22(23(17-33-25)19-4-6-20(27)7-5-19)15-21(24)18(2)14-26(30)28-8-9-29-10-12-31-13-11-29/h4-7,14-17H,3,8-13H2,1-2H3,(H,28,30)/b18-14+. The van der Waals surface area contributed by atoms with Crippen LogP contribution in [0.5, 0.6) is 5.75 Å². The van der Waals surface area contributed by atoms with Gasteiger partial charge in [-0.25, -0.2) is 0 Å². The minimum absolute atomic E-state index is 0.117. The van der Waals surface area contributed by atoms with Crippen molar-refractivity contribution in [2.24, 2.45) is 0 Å². The fraction of sp³-hybridized carbons (Fsp3) is 0.346. The van der Waals surface area contributed by atoms with Gasteiger partial charge in [-0.2, -0.15) is 0 Å². The summed E-state index contributed by atoms with van der Waals surface area (Å²) in [5, 5.41) is 4.63. The third-order valence-electron chi connectivity index (χ3n) is 5.73. The molecule has 1 aliphatic heterocycles. The van der Waals surface area contributed by atoms with Crippen LogP contribution in [-0.2, 0) is 9.53 Å². The molecule has 2 heterocycles. The van der Waals surface area contributed by atoms with Gasteiger partial charge >= 0.3 is 0 Å². The van der Waals surface area contributed by atoms with E-state index in [1.54, 1.807) is 12.3 Å². The van der Waals surface area contributed by atoms with Crippen molar-refractivity contribution in [1.29, 1.82) is 0 Å². The molecule has 1 aromatic heterocycles. The van der Waals surface area contributed by atoms with E-state index in [1.165, 1.54) is 0 Å². The first-order valence-electron chi connectivity index (χ1n) is 11.3. The number of nitrogens with zero attached hydrogens (tertiary/aromatic N) is 1. The maximum Gasteiger partial charge on any atom is 0.244 e. The van der Waals surface area contributed by atoms with Gasteiger partial charge in [0.1, 0.15) is 11.3 Å². The van der Waals surface area contributed by atoms with E-state index >= 15 is 0 Å². The van der Waals surface area contributed by atoms with Crippen molar-refractivity contribution in [2.45, 2.75) is 13.8 Å². The number of amides is 1. The number of benzene rings is 2. The zero-order valence-electron chi connectivity index (χ0n) is 19.0. The number of halogens is 1. The zero-order chi connectivity index (χ0) is 23.2. The van der Waals surface area contributed by atoms with E-state index in [0.717, 1.165) is 66.1 Å². The highest BCUT2D eigenvalue weighted by molar-refractivity contribution is 6.30. The molecular formula is C26H29ClN2O4. The molecule has 0 radical (unpaired) electrons. The number of morpholine rings is 1. The topological polar surface area (TPSA) is 63.9 Å². The van der Waals surface area contributed by atoms with Gasteiger partial charge in [-0.15, -0.1) is 0 Å². The lowest BCUT2D eigenvalue weighted by atomic mass is 9.99. The van der Waals surface area contributed by atoms with Gasteiger partial charge in [-0.05, 0) is 43.2 Å². The van der Waals surface area contributed by atoms with Crippen LogP contribution in [0.4, 0.5) is 0 Å². The SMILES string of the molecule is CCOc1cc2occ(-c3ccc(Cl)cc3)c2cc1/C(C)=C/C(=O)NCCN1CCOCC1. The lowest BCUT2D eigenvalue weighted by molar-refractivity contribution is -0.116. The summed E-state index contributed by atoms with van der Waals surface area (Å²) in [5.41, 5.74) is 4.40. The lowest BCUT2D eigenvalue weighted by Gasteiger charge is -2.26. The minimum atomic E-state index is -0.117. The Hall–Kier alpha value is -2.80. The Balaban J connectivity index is 1.56. The highest BCUT2D eigenvalue weighted by atomic mass is 35.5. The first-order valence-corrected chi connectivity index (χ1v) is 11.6. The zero-order valence-corrected chi connectivity index (χ0v) is 19.8. The number of allylic oxidation sites excluding steroid dienone is 1. The second-order valence-electron chi connectivity index (χ2n) is 8.01. The van der Waals surface area contributed by atoms with Crippen LogP contribution in [0, 0.1) is 0 Å². The number of carbonyl (C=O) groups excluding carboxylic acids is 1. The van der Waals surface area contributed by atoms with E-state index in [2.05, 4.69) is 10.2 Å². The van der Waals surface area contributed by atoms with Crippen LogP contribution in [0.3, 0.4) is 0 Å². The van der Waals surface area contributed by atoms with Crippen LogP contribution in [0.25, 0.3) is 27.7 Å². The first kappa shape index (κ1) is 23.4. The van der Waals surface area contributed by atoms with Gasteiger partial charge in [-0.3, -0.25) is 9.69 Å². The second kappa shape index (κ2) is 10.9. The molecule has 0 bridgehead atoms. The molecule has 0 atom stereocenters. The molecule has 1 amide bonds. The van der Waals surface area contributed by atoms with Crippen molar-refractivity contribution < 1.29 is 18.7 Å². The summed E-state index contributed by atoms with van der Waals surface area (Å²) in [6.45, 7) is 9.11. The molecule has 0 unspecified atom stereocenters. The normalized spacial score (nSPS) is 15.1. The minimum Gasteiger partial charge on any atom is -0.493 e. The van der Waals surface area contributed by atoms with Crippen molar-refractivity contribution in [2.75, 3.05) is 46.0 Å². The molecule has 1 N–H and O–H groups in total. The van der Waals surface area contributed by atoms with Crippen LogP contribution in [-0.4, -0.2) is 56.8 Å². The Morgan fingerprint density at radius 2 is 1.97 bits per heavy atom. The average Bonchev–Trinajstić information content (AvgIpc) is 3.23. The maximum atomic E-state index is 12.6. The van der Waals surface area contributed by atoms with E-state index in [1.807, 2.05) is 50.2 Å². The van der Waals surface area contributed by atoms with Gasteiger partial charge in [0.2, 0.25) is 5.91 Å². The molecule has 174 valence electrons. The van der Waals surface area contributed by atoms with Crippen molar-refractivity contribution in [3.8, 4) is 16.9 Å². The fourth-order valence-corrected chi connectivity index (χ4v) is 4.10. The summed E-state index contributed by atoms with van der Waals surface area (Å²) >= 11 is 6.05. The van der Waals surface area contributed by atoms with Crippen LogP contribution < -0.4 is 10.1 Å². The molecule has 0 spiro atoms. The van der Waals surface area contributed by atoms with E-state index in [4.69, 9.17) is 25.5 Å². The van der Waals surface area contributed by atoms with Crippen LogP contribution >= 0.6 is 11.6 Å². The van der Waals surface area contributed by atoms with Crippen LogP contribution in [0.15, 0.2) is 53.2 Å². The predicted molar refractivity (Wildman–Crippen MR) is 132 cm³/mol. The number of furan rings is 1. The molecule has 33 heavy (non-hydrogen) atoms. The van der Waals surface area contributed by atoms with Crippen molar-refractivity contribution >= 4 is 34.1 Å². The largest absolute Gasteiger partial charge is 0.493 e. The van der Waals surface area contributed by atoms with E-state index in [9.17, 15) is 4.79 Å². The first-order chi connectivity index (χ1) is 16.0. The molecule has 7 heteroatoms. The number of rotatable bonds is 8. The average molecular weight is 469 g/mol. The number of nitrogens with one attached hydrogen (secondary N) is 1. The summed E-state index contributed by atoms with van der Waals surface area (Å²) in [7, 11) is 0. The molecule has 4 rings (SSSR count). The van der Waals surface area contributed by atoms with Crippen LogP contribution in [0.1, 0.15) is 19.4 Å². The number of ether oxygens (including phenoxy) is 2. The summed E-state index contributed by atoms with van der Waals surface area (Å²) in [6, 6.07) is 11.6. The third-order valence-corrected chi connectivity index (χ3v) is 5.99. The summed E-state index contributed by atoms with van der Waals surface area (Å²) < 4.78 is 17.1. The van der Waals surface area contributed by atoms with Gasteiger partial charge in [0, 0.05) is 59.9 Å². The molecule has 0 saturated carbocycles. The van der Waals surface area contributed by atoms with Gasteiger partial charge in [0.25, 0.3) is 0 Å². The second-order valence-corrected chi connectivity index (χ2v) is 8.44. The maximum absolute atomic E-state index is 12.6. The molecule has 1 aliphatic rings. The molecule has 2 aromatic carbocycles. The van der Waals surface area contributed by atoms with Gasteiger partial charge in [0.05, 0.1) is 26.1 Å². The van der Waals surface area contributed by atoms with Gasteiger partial charge in [0.15, 0.2) is 0 Å².